The fourth-order valence-corrected chi connectivity index (χ4v) is 2.41. The number of carbonyl (C=O) groups is 1. The van der Waals surface area contributed by atoms with Crippen molar-refractivity contribution >= 4 is 34.4 Å². The van der Waals surface area contributed by atoms with E-state index >= 15 is 0 Å². The number of benzene rings is 1. The van der Waals surface area contributed by atoms with Crippen LogP contribution in [0.25, 0.3) is 17.0 Å². The number of rotatable bonds is 3. The highest BCUT2D eigenvalue weighted by Crippen LogP contribution is 2.19. The molecule has 104 valence electrons. The van der Waals surface area contributed by atoms with Crippen molar-refractivity contribution in [3.63, 3.8) is 0 Å². The molecule has 3 aromatic rings. The molecule has 1 aromatic carbocycles. The van der Waals surface area contributed by atoms with Crippen LogP contribution in [0.5, 0.6) is 0 Å². The molecular weight excluding hydrogens is 286 g/mol. The van der Waals surface area contributed by atoms with E-state index in [2.05, 4.69) is 10.1 Å². The number of ketones is 1. The molecule has 0 radical (unpaired) electrons. The summed E-state index contributed by atoms with van der Waals surface area (Å²) in [6.45, 7) is 0. The Morgan fingerprint density at radius 3 is 2.86 bits per heavy atom. The zero-order valence-corrected chi connectivity index (χ0v) is 12.1. The topological polar surface area (TPSA) is 47.8 Å². The van der Waals surface area contributed by atoms with Gasteiger partial charge in [0.25, 0.3) is 0 Å². The molecule has 0 spiro atoms. The van der Waals surface area contributed by atoms with E-state index in [0.29, 0.717) is 5.02 Å². The molecule has 0 aliphatic rings. The number of pyridine rings is 1. The van der Waals surface area contributed by atoms with E-state index in [9.17, 15) is 4.79 Å². The lowest BCUT2D eigenvalue weighted by atomic mass is 10.1. The highest BCUT2D eigenvalue weighted by Gasteiger charge is 2.11. The second-order valence-electron chi connectivity index (χ2n) is 4.61. The first-order valence-corrected chi connectivity index (χ1v) is 6.78. The number of carbonyl (C=O) groups excluding carboxylic acids is 1. The summed E-state index contributed by atoms with van der Waals surface area (Å²) in [5.41, 5.74) is 2.08. The van der Waals surface area contributed by atoms with Gasteiger partial charge in [0, 0.05) is 24.8 Å². The SMILES string of the molecule is Cn1cc(Cl)c(C(=O)/C=C/c2ccnc3ccccc23)n1. The molecule has 0 amide bonds. The quantitative estimate of drug-likeness (QED) is 0.549. The van der Waals surface area contributed by atoms with Crippen molar-refractivity contribution in [2.45, 2.75) is 0 Å². The van der Waals surface area contributed by atoms with Gasteiger partial charge in [-0.15, -0.1) is 0 Å². The molecule has 0 N–H and O–H groups in total. The fraction of sp³-hybridized carbons (Fsp3) is 0.0625. The van der Waals surface area contributed by atoms with Crippen LogP contribution in [0.1, 0.15) is 16.1 Å². The maximum Gasteiger partial charge on any atom is 0.207 e. The molecule has 2 aromatic heterocycles. The summed E-state index contributed by atoms with van der Waals surface area (Å²) in [6, 6.07) is 9.65. The lowest BCUT2D eigenvalue weighted by Crippen LogP contribution is -1.98. The molecular formula is C16H12ClN3O. The predicted molar refractivity (Wildman–Crippen MR) is 83.3 cm³/mol. The minimum atomic E-state index is -0.221. The Labute approximate surface area is 126 Å². The van der Waals surface area contributed by atoms with Crippen molar-refractivity contribution in [3.8, 4) is 0 Å². The average Bonchev–Trinajstić information content (AvgIpc) is 2.83. The molecule has 2 heterocycles. The van der Waals surface area contributed by atoms with Gasteiger partial charge in [-0.05, 0) is 23.8 Å². The molecule has 21 heavy (non-hydrogen) atoms. The zero-order chi connectivity index (χ0) is 14.8. The van der Waals surface area contributed by atoms with Gasteiger partial charge in [0.2, 0.25) is 5.78 Å². The number of para-hydroxylation sites is 1. The Bertz CT molecular complexity index is 846. The lowest BCUT2D eigenvalue weighted by molar-refractivity contribution is 0.104. The molecule has 0 aliphatic heterocycles. The second-order valence-corrected chi connectivity index (χ2v) is 5.02. The third kappa shape index (κ3) is 2.71. The van der Waals surface area contributed by atoms with Crippen molar-refractivity contribution in [2.75, 3.05) is 0 Å². The Hall–Kier alpha value is -2.46. The molecule has 4 nitrogen and oxygen atoms in total. The van der Waals surface area contributed by atoms with Crippen LogP contribution in [0.3, 0.4) is 0 Å². The molecule has 3 rings (SSSR count). The summed E-state index contributed by atoms with van der Waals surface area (Å²) in [6.07, 6.45) is 6.57. The largest absolute Gasteiger partial charge is 0.287 e. The molecule has 0 fully saturated rings. The smallest absolute Gasteiger partial charge is 0.207 e. The number of halogens is 1. The third-order valence-corrected chi connectivity index (χ3v) is 3.39. The summed E-state index contributed by atoms with van der Waals surface area (Å²) in [5, 5.41) is 5.41. The van der Waals surface area contributed by atoms with Crippen LogP contribution in [0, 0.1) is 0 Å². The van der Waals surface area contributed by atoms with Crippen LogP contribution >= 0.6 is 11.6 Å². The Balaban J connectivity index is 1.95. The van der Waals surface area contributed by atoms with Crippen LogP contribution in [0.15, 0.2) is 48.8 Å². The summed E-state index contributed by atoms with van der Waals surface area (Å²) in [7, 11) is 1.72. The first-order chi connectivity index (χ1) is 10.1. The van der Waals surface area contributed by atoms with E-state index in [0.717, 1.165) is 16.5 Å². The van der Waals surface area contributed by atoms with Gasteiger partial charge in [-0.1, -0.05) is 35.9 Å². The second kappa shape index (κ2) is 5.50. The summed E-state index contributed by atoms with van der Waals surface area (Å²) < 4.78 is 1.52. The number of allylic oxidation sites excluding steroid dienone is 1. The number of hydrogen-bond acceptors (Lipinski definition) is 3. The summed E-state index contributed by atoms with van der Waals surface area (Å²) in [4.78, 5) is 16.4. The van der Waals surface area contributed by atoms with Crippen LogP contribution in [0.2, 0.25) is 5.02 Å². The van der Waals surface area contributed by atoms with Gasteiger partial charge in [-0.2, -0.15) is 5.10 Å². The monoisotopic (exact) mass is 297 g/mol. The van der Waals surface area contributed by atoms with Crippen LogP contribution in [0.4, 0.5) is 0 Å². The van der Waals surface area contributed by atoms with E-state index < -0.39 is 0 Å². The first-order valence-electron chi connectivity index (χ1n) is 6.40. The van der Waals surface area contributed by atoms with Gasteiger partial charge in [-0.3, -0.25) is 14.5 Å². The van der Waals surface area contributed by atoms with Gasteiger partial charge >= 0.3 is 0 Å². The minimum absolute atomic E-state index is 0.221. The Morgan fingerprint density at radius 1 is 1.29 bits per heavy atom. The van der Waals surface area contributed by atoms with Crippen molar-refractivity contribution < 1.29 is 4.79 Å². The fourth-order valence-electron chi connectivity index (χ4n) is 2.13. The van der Waals surface area contributed by atoms with Crippen molar-refractivity contribution in [1.29, 1.82) is 0 Å². The standard InChI is InChI=1S/C16H12ClN3O/c1-20-10-13(17)16(19-20)15(21)7-6-11-8-9-18-14-5-3-2-4-12(11)14/h2-10H,1H3/b7-6+. The molecule has 5 heteroatoms. The number of nitrogens with zero attached hydrogens (tertiary/aromatic N) is 3. The van der Waals surface area contributed by atoms with Gasteiger partial charge in [0.1, 0.15) is 0 Å². The molecule has 0 unspecified atom stereocenters. The van der Waals surface area contributed by atoms with Crippen LogP contribution < -0.4 is 0 Å². The maximum atomic E-state index is 12.1. The zero-order valence-electron chi connectivity index (χ0n) is 11.3. The van der Waals surface area contributed by atoms with E-state index in [4.69, 9.17) is 11.6 Å². The maximum absolute atomic E-state index is 12.1. The number of aryl methyl sites for hydroxylation is 1. The van der Waals surface area contributed by atoms with Crippen LogP contribution in [-0.2, 0) is 7.05 Å². The van der Waals surface area contributed by atoms with E-state index in [1.54, 1.807) is 25.5 Å². The third-order valence-electron chi connectivity index (χ3n) is 3.11. The molecule has 0 bridgehead atoms. The van der Waals surface area contributed by atoms with Crippen molar-refractivity contribution in [3.05, 3.63) is 65.1 Å². The highest BCUT2D eigenvalue weighted by molar-refractivity contribution is 6.34. The summed E-state index contributed by atoms with van der Waals surface area (Å²) >= 11 is 5.97. The average molecular weight is 298 g/mol. The number of hydrogen-bond donors (Lipinski definition) is 0. The predicted octanol–water partition coefficient (Wildman–Crippen LogP) is 3.52. The van der Waals surface area contributed by atoms with Gasteiger partial charge in [-0.25, -0.2) is 0 Å². The normalized spacial score (nSPS) is 11.3. The van der Waals surface area contributed by atoms with Crippen LogP contribution in [-0.4, -0.2) is 20.5 Å². The lowest BCUT2D eigenvalue weighted by Gasteiger charge is -2.00. The number of fused-ring (bicyclic) bond motifs is 1. The van der Waals surface area contributed by atoms with E-state index in [1.807, 2.05) is 30.3 Å². The molecule has 0 aliphatic carbocycles. The van der Waals surface area contributed by atoms with Gasteiger partial charge < -0.3 is 0 Å². The van der Waals surface area contributed by atoms with E-state index in [1.165, 1.54) is 10.8 Å². The van der Waals surface area contributed by atoms with Gasteiger partial charge in [0.15, 0.2) is 5.69 Å². The Kier molecular flexibility index (Phi) is 3.54. The highest BCUT2D eigenvalue weighted by atomic mass is 35.5. The Morgan fingerprint density at radius 2 is 2.10 bits per heavy atom. The van der Waals surface area contributed by atoms with Crippen molar-refractivity contribution in [2.24, 2.45) is 7.05 Å². The van der Waals surface area contributed by atoms with Gasteiger partial charge in [0.05, 0.1) is 10.5 Å². The van der Waals surface area contributed by atoms with Crippen molar-refractivity contribution in [1.82, 2.24) is 14.8 Å². The molecule has 0 saturated carbocycles. The summed E-state index contributed by atoms with van der Waals surface area (Å²) in [5.74, 6) is -0.221. The minimum Gasteiger partial charge on any atom is -0.287 e. The number of aromatic nitrogens is 3. The molecule has 0 atom stereocenters. The molecule has 0 saturated heterocycles. The van der Waals surface area contributed by atoms with E-state index in [-0.39, 0.29) is 11.5 Å². The first kappa shape index (κ1) is 13.5.